The van der Waals surface area contributed by atoms with E-state index < -0.39 is 76.0 Å². The van der Waals surface area contributed by atoms with Crippen LogP contribution in [-0.4, -0.2) is 71.4 Å². The number of carbonyl (C=O) groups is 3. The van der Waals surface area contributed by atoms with Crippen molar-refractivity contribution < 1.29 is 50.3 Å². The monoisotopic (exact) mass is 692 g/mol. The molecule has 3 aliphatic rings. The summed E-state index contributed by atoms with van der Waals surface area (Å²) in [6, 6.07) is -0.954. The molecule has 2 bridgehead atoms. The molecule has 0 aromatic carbocycles. The van der Waals surface area contributed by atoms with Gasteiger partial charge in [-0.2, -0.15) is 0 Å². The van der Waals surface area contributed by atoms with Crippen molar-refractivity contribution in [2.45, 2.75) is 56.4 Å². The van der Waals surface area contributed by atoms with E-state index in [1.807, 2.05) is 0 Å². The Bertz CT molecular complexity index is 821. The molecule has 1 amide bonds. The second-order valence-electron chi connectivity index (χ2n) is 7.09. The van der Waals surface area contributed by atoms with E-state index in [1.54, 1.807) is 13.8 Å². The zero-order valence-corrected chi connectivity index (χ0v) is 22.8. The van der Waals surface area contributed by atoms with Crippen LogP contribution in [0.5, 0.6) is 0 Å². The van der Waals surface area contributed by atoms with E-state index in [0.29, 0.717) is 0 Å². The first kappa shape index (κ1) is 22.4. The summed E-state index contributed by atoms with van der Waals surface area (Å²) in [7, 11) is -6.09. The number of halogens is 2. The van der Waals surface area contributed by atoms with E-state index in [1.165, 1.54) is 4.90 Å². The van der Waals surface area contributed by atoms with Gasteiger partial charge in [-0.05, 0) is 13.8 Å². The topological polar surface area (TPSA) is 139 Å². The van der Waals surface area contributed by atoms with E-state index in [0.717, 1.165) is 6.92 Å². The second kappa shape index (κ2) is 6.88. The molecule has 3 fully saturated rings. The van der Waals surface area contributed by atoms with Gasteiger partial charge in [-0.3, -0.25) is 14.4 Å². The van der Waals surface area contributed by atoms with Gasteiger partial charge in [0.2, 0.25) is 5.91 Å². The van der Waals surface area contributed by atoms with Crippen LogP contribution in [0.1, 0.15) is 20.8 Å². The van der Waals surface area contributed by atoms with E-state index in [9.17, 15) is 36.1 Å². The van der Waals surface area contributed by atoms with Crippen LogP contribution >= 0.6 is 0 Å². The molecule has 6 unspecified atom stereocenters. The summed E-state index contributed by atoms with van der Waals surface area (Å²) in [6.45, 7) is 3.87. The van der Waals surface area contributed by atoms with E-state index in [2.05, 4.69) is 4.74 Å². The van der Waals surface area contributed by atoms with E-state index in [4.69, 9.17) is 9.47 Å². The molecule has 0 spiro atoms. The number of nitrogens with zero attached hydrogens (tertiary/aromatic N) is 1. The van der Waals surface area contributed by atoms with Crippen molar-refractivity contribution in [1.29, 1.82) is 0 Å². The molecule has 3 saturated heterocycles. The SMILES string of the molecule is CC(=O)OC1C2OC3C(C(=O)N(C(C)C)C13)C2C(=O)O[CH-]C(F)(F)S(=O)(=O)[O-].[Rf]. The van der Waals surface area contributed by atoms with Crippen LogP contribution in [0.2, 0.25) is 0 Å². The van der Waals surface area contributed by atoms with Crippen LogP contribution in [0.3, 0.4) is 0 Å². The summed E-state index contributed by atoms with van der Waals surface area (Å²) in [4.78, 5) is 38.0. The molecule has 0 N–H and O–H groups in total. The molecule has 3 aliphatic heterocycles. The van der Waals surface area contributed by atoms with Crippen LogP contribution < -0.4 is 0 Å². The third-order valence-corrected chi connectivity index (χ3v) is 5.81. The van der Waals surface area contributed by atoms with E-state index in [-0.39, 0.29) is 6.04 Å². The number of likely N-dealkylation sites (tertiary alicyclic amines) is 1. The molecule has 0 aromatic heterocycles. The van der Waals surface area contributed by atoms with E-state index >= 15 is 0 Å². The summed E-state index contributed by atoms with van der Waals surface area (Å²) >= 11 is 0. The minimum Gasteiger partial charge on any atom is -0.746 e. The van der Waals surface area contributed by atoms with Gasteiger partial charge in [0.15, 0.2) is 6.10 Å². The van der Waals surface area contributed by atoms with Crippen LogP contribution in [0.4, 0.5) is 8.78 Å². The number of hydrogen-bond acceptors (Lipinski definition) is 9. The third-order valence-electron chi connectivity index (χ3n) is 5.04. The fraction of sp³-hybridized carbons (Fsp3) is 0.733. The Morgan fingerprint density at radius 3 is 2.38 bits per heavy atom. The summed E-state index contributed by atoms with van der Waals surface area (Å²) in [6.07, 6.45) is -2.96. The van der Waals surface area contributed by atoms with Gasteiger partial charge in [0.25, 0.3) is 11.2 Å². The number of alkyl halides is 2. The van der Waals surface area contributed by atoms with Gasteiger partial charge in [-0.25, -0.2) is 17.2 Å². The van der Waals surface area contributed by atoms with Gasteiger partial charge in [-0.1, -0.05) is 6.61 Å². The molecule has 10 nitrogen and oxygen atoms in total. The molecule has 0 saturated carbocycles. The maximum atomic E-state index is 13.2. The van der Waals surface area contributed by atoms with Gasteiger partial charge < -0.3 is 23.7 Å². The number of rotatable bonds is 6. The standard InChI is InChI=1S/C15H18F2NO9S.Rf/c1-5(2)18-9-10-7(13(18)20)8(11(27-10)12(9)26-6(3)19)14(21)25-4-15(16,17)28(22,23)24;/h4-5,7-12H,1-3H3,(H,22,23,24);/q-1;/p-1. The first-order chi connectivity index (χ1) is 12.8. The fourth-order valence-electron chi connectivity index (χ4n) is 4.12. The molecule has 29 heavy (non-hydrogen) atoms. The van der Waals surface area contributed by atoms with Gasteiger partial charge >= 0.3 is 5.97 Å². The maximum Gasteiger partial charge on any atom is 0.303 e. The number of carbonyl (C=O) groups excluding carboxylic acids is 3. The predicted molar refractivity (Wildman–Crippen MR) is 82.0 cm³/mol. The molecular formula is C15H17F2NO9RfS-2. The van der Waals surface area contributed by atoms with Gasteiger partial charge in [0.05, 0.1) is 24.0 Å². The molecule has 14 heteroatoms. The normalized spacial score (nSPS) is 33.1. The second-order valence-corrected chi connectivity index (χ2v) is 8.54. The Hall–Kier alpha value is -2.86. The van der Waals surface area contributed by atoms with Gasteiger partial charge in [-0.15, -0.1) is 0 Å². The van der Waals surface area contributed by atoms with Gasteiger partial charge in [0, 0.05) is 13.0 Å². The van der Waals surface area contributed by atoms with Crippen molar-refractivity contribution in [2.75, 3.05) is 0 Å². The number of hydrogen-bond donors (Lipinski definition) is 0. The zero-order chi connectivity index (χ0) is 21.2. The summed E-state index contributed by atoms with van der Waals surface area (Å²) in [5, 5.41) is -4.94. The molecule has 160 valence electrons. The zero-order valence-electron chi connectivity index (χ0n) is 15.6. The Morgan fingerprint density at radius 1 is 1.31 bits per heavy atom. The van der Waals surface area contributed by atoms with Crippen LogP contribution in [0, 0.1) is 18.4 Å². The quantitative estimate of drug-likeness (QED) is 0.203. The number of amides is 1. The molecule has 3 rings (SSSR count). The summed E-state index contributed by atoms with van der Waals surface area (Å²) < 4.78 is 73.1. The van der Waals surface area contributed by atoms with Gasteiger partial charge in [0.1, 0.15) is 16.2 Å². The average molecular weight is 692 g/mol. The van der Waals surface area contributed by atoms with Crippen molar-refractivity contribution in [3.8, 4) is 0 Å². The fourth-order valence-corrected chi connectivity index (χ4v) is 4.28. The largest absolute Gasteiger partial charge is 0.746 e. The Labute approximate surface area is 158 Å². The Kier molecular flexibility index (Phi) is 5.32. The molecule has 0 aromatic rings. The first-order valence-corrected chi connectivity index (χ1v) is 9.71. The molecule has 6 atom stereocenters. The average Bonchev–Trinajstić information content (AvgIpc) is 3.13. The Balaban J connectivity index is 0.00000300. The van der Waals surface area contributed by atoms with Crippen molar-refractivity contribution in [2.24, 2.45) is 11.8 Å². The van der Waals surface area contributed by atoms with Crippen molar-refractivity contribution in [3.63, 3.8) is 0 Å². The van der Waals surface area contributed by atoms with Crippen molar-refractivity contribution >= 4 is 28.0 Å². The van der Waals surface area contributed by atoms with Crippen LogP contribution in [0.15, 0.2) is 0 Å². The smallest absolute Gasteiger partial charge is 0.303 e. The third kappa shape index (κ3) is 3.27. The number of ether oxygens (including phenoxy) is 3. The summed E-state index contributed by atoms with van der Waals surface area (Å²) in [5.41, 5.74) is 0. The molecule has 0 radical (unpaired) electrons. The van der Waals surface area contributed by atoms with Crippen LogP contribution in [-0.2, 0) is 38.7 Å². The molecular weight excluding hydrogens is 675 g/mol. The first-order valence-electron chi connectivity index (χ1n) is 8.31. The minimum absolute atomic E-state index is 0. The minimum atomic E-state index is -6.09. The molecule has 0 aliphatic carbocycles. The predicted octanol–water partition coefficient (Wildman–Crippen LogP) is -0.606. The Morgan fingerprint density at radius 2 is 1.90 bits per heavy atom. The van der Waals surface area contributed by atoms with Crippen molar-refractivity contribution in [3.05, 3.63) is 6.61 Å². The van der Waals surface area contributed by atoms with Crippen LogP contribution in [0.25, 0.3) is 0 Å². The number of esters is 2. The number of fused-ring (bicyclic) bond motifs is 1. The summed E-state index contributed by atoms with van der Waals surface area (Å²) in [5.74, 6) is -5.02. The van der Waals surface area contributed by atoms with Crippen molar-refractivity contribution in [1.82, 2.24) is 4.90 Å². The maximum absolute atomic E-state index is 13.2. The molecule has 3 heterocycles.